The second kappa shape index (κ2) is 14.3. The van der Waals surface area contributed by atoms with Gasteiger partial charge in [0.1, 0.15) is 12.2 Å². The normalized spacial score (nSPS) is 22.5. The minimum atomic E-state index is -2.17. The van der Waals surface area contributed by atoms with Crippen molar-refractivity contribution in [1.82, 2.24) is 0 Å². The smallest absolute Gasteiger partial charge is 0.338 e. The van der Waals surface area contributed by atoms with Crippen LogP contribution in [-0.2, 0) is 42.9 Å². The van der Waals surface area contributed by atoms with Crippen LogP contribution in [0.25, 0.3) is 6.08 Å². The van der Waals surface area contributed by atoms with Crippen molar-refractivity contribution in [2.45, 2.75) is 77.3 Å². The third kappa shape index (κ3) is 9.40. The molecule has 1 aromatic rings. The first kappa shape index (κ1) is 31.3. The third-order valence-electron chi connectivity index (χ3n) is 5.66. The van der Waals surface area contributed by atoms with Crippen LogP contribution in [0.3, 0.4) is 0 Å². The van der Waals surface area contributed by atoms with Gasteiger partial charge in [0.05, 0.1) is 13.7 Å². The maximum absolute atomic E-state index is 12.7. The maximum Gasteiger partial charge on any atom is 0.338 e. The fourth-order valence-corrected chi connectivity index (χ4v) is 3.98. The number of benzene rings is 1. The van der Waals surface area contributed by atoms with Crippen molar-refractivity contribution in [3.63, 3.8) is 0 Å². The molecule has 0 bridgehead atoms. The first-order valence-electron chi connectivity index (χ1n) is 12.4. The summed E-state index contributed by atoms with van der Waals surface area (Å²) in [6, 6.07) is 4.57. The molecule has 39 heavy (non-hydrogen) atoms. The first-order valence-corrected chi connectivity index (χ1v) is 12.4. The number of hydrogen-bond donors (Lipinski definition) is 1. The van der Waals surface area contributed by atoms with Gasteiger partial charge in [-0.05, 0) is 30.2 Å². The first-order chi connectivity index (χ1) is 18.4. The highest BCUT2D eigenvalue weighted by atomic mass is 16.6. The van der Waals surface area contributed by atoms with Crippen molar-refractivity contribution in [3.05, 3.63) is 29.8 Å². The van der Waals surface area contributed by atoms with Crippen LogP contribution in [0.5, 0.6) is 11.5 Å². The number of esters is 5. The summed E-state index contributed by atoms with van der Waals surface area (Å²) in [5.41, 5.74) is -1.67. The highest BCUT2D eigenvalue weighted by molar-refractivity contribution is 5.87. The second-order valence-corrected chi connectivity index (χ2v) is 8.96. The summed E-state index contributed by atoms with van der Waals surface area (Å²) in [5.74, 6) is -3.45. The van der Waals surface area contributed by atoms with Gasteiger partial charge in [0.15, 0.2) is 23.2 Å². The number of aliphatic hydroxyl groups is 1. The lowest BCUT2D eigenvalue weighted by molar-refractivity contribution is -0.214. The van der Waals surface area contributed by atoms with E-state index < -0.39 is 66.6 Å². The van der Waals surface area contributed by atoms with Crippen molar-refractivity contribution >= 4 is 35.9 Å². The zero-order chi connectivity index (χ0) is 29.2. The largest absolute Gasteiger partial charge is 0.493 e. The number of rotatable bonds is 11. The van der Waals surface area contributed by atoms with E-state index in [4.69, 9.17) is 28.4 Å². The molecule has 1 N–H and O–H groups in total. The van der Waals surface area contributed by atoms with Gasteiger partial charge in [-0.1, -0.05) is 19.4 Å². The lowest BCUT2D eigenvalue weighted by Crippen LogP contribution is -2.59. The zero-order valence-electron chi connectivity index (χ0n) is 22.6. The van der Waals surface area contributed by atoms with Crippen LogP contribution in [0.4, 0.5) is 0 Å². The van der Waals surface area contributed by atoms with E-state index in [0.29, 0.717) is 12.0 Å². The van der Waals surface area contributed by atoms with Gasteiger partial charge in [0, 0.05) is 39.7 Å². The Hall–Kier alpha value is -3.93. The Morgan fingerprint density at radius 1 is 0.949 bits per heavy atom. The van der Waals surface area contributed by atoms with E-state index in [0.717, 1.165) is 26.3 Å². The van der Waals surface area contributed by atoms with E-state index in [1.807, 2.05) is 6.92 Å². The molecule has 0 aromatic heterocycles. The molecule has 0 amide bonds. The summed E-state index contributed by atoms with van der Waals surface area (Å²) in [4.78, 5) is 60.3. The Balaban J connectivity index is 2.29. The number of methoxy groups -OCH3 is 1. The highest BCUT2D eigenvalue weighted by Crippen LogP contribution is 2.36. The van der Waals surface area contributed by atoms with Crippen molar-refractivity contribution in [3.8, 4) is 11.5 Å². The molecule has 4 atom stereocenters. The minimum absolute atomic E-state index is 0.0656. The molecule has 0 heterocycles. The van der Waals surface area contributed by atoms with Gasteiger partial charge in [-0.3, -0.25) is 14.4 Å². The number of hydrogen-bond acceptors (Lipinski definition) is 12. The second-order valence-electron chi connectivity index (χ2n) is 8.96. The summed E-state index contributed by atoms with van der Waals surface area (Å²) < 4.78 is 31.4. The number of carbonyl (C=O) groups is 5. The predicted octanol–water partition coefficient (Wildman–Crippen LogP) is 2.28. The van der Waals surface area contributed by atoms with Crippen molar-refractivity contribution in [2.24, 2.45) is 0 Å². The molecule has 1 aliphatic carbocycles. The van der Waals surface area contributed by atoms with Crippen molar-refractivity contribution < 1.29 is 57.5 Å². The van der Waals surface area contributed by atoms with Gasteiger partial charge in [-0.25, -0.2) is 9.59 Å². The summed E-state index contributed by atoms with van der Waals surface area (Å²) in [6.45, 7) is 5.45. The number of unbranched alkanes of at least 4 members (excludes halogenated alkanes) is 1. The fraction of sp³-hybridized carbons (Fsp3) is 0.519. The van der Waals surface area contributed by atoms with Gasteiger partial charge < -0.3 is 33.5 Å². The Labute approximate surface area is 226 Å². The van der Waals surface area contributed by atoms with Gasteiger partial charge >= 0.3 is 29.8 Å². The third-order valence-corrected chi connectivity index (χ3v) is 5.66. The predicted molar refractivity (Wildman–Crippen MR) is 134 cm³/mol. The molecule has 0 aliphatic heterocycles. The molecule has 12 heteroatoms. The lowest BCUT2D eigenvalue weighted by Gasteiger charge is -2.42. The van der Waals surface area contributed by atoms with Gasteiger partial charge in [0.2, 0.25) is 0 Å². The molecule has 2 rings (SSSR count). The van der Waals surface area contributed by atoms with E-state index >= 15 is 0 Å². The van der Waals surface area contributed by atoms with Crippen LogP contribution in [0.2, 0.25) is 0 Å². The molecule has 0 saturated heterocycles. The van der Waals surface area contributed by atoms with E-state index in [1.165, 1.54) is 32.2 Å². The molecule has 1 unspecified atom stereocenters. The van der Waals surface area contributed by atoms with E-state index in [9.17, 15) is 29.1 Å². The molecule has 214 valence electrons. The summed E-state index contributed by atoms with van der Waals surface area (Å²) in [7, 11) is 1.39. The zero-order valence-corrected chi connectivity index (χ0v) is 22.6. The molecule has 1 aromatic carbocycles. The average Bonchev–Trinajstić information content (AvgIpc) is 2.84. The number of ether oxygens (including phenoxy) is 6. The lowest BCUT2D eigenvalue weighted by atomic mass is 9.79. The maximum atomic E-state index is 12.7. The van der Waals surface area contributed by atoms with Gasteiger partial charge in [0.25, 0.3) is 0 Å². The van der Waals surface area contributed by atoms with Crippen molar-refractivity contribution in [1.29, 1.82) is 0 Å². The van der Waals surface area contributed by atoms with Crippen LogP contribution in [-0.4, -0.2) is 72.6 Å². The Bertz CT molecular complexity index is 1090. The van der Waals surface area contributed by atoms with Crippen LogP contribution < -0.4 is 9.47 Å². The fourth-order valence-electron chi connectivity index (χ4n) is 3.98. The molecule has 1 fully saturated rings. The average molecular weight is 551 g/mol. The van der Waals surface area contributed by atoms with Gasteiger partial charge in [-0.2, -0.15) is 0 Å². The van der Waals surface area contributed by atoms with Crippen LogP contribution >= 0.6 is 0 Å². The standard InChI is InChI=1S/C27H34O12/c1-6-7-12-35-26(32)27(33)14-22(37-17(3)29)25(38-18(4)30)23(15-27)39-24(31)11-9-19-8-10-20(36-16(2)28)21(13-19)34-5/h8-11,13,22-23,25,33H,6-7,12,14-15H2,1-5H3/b11-9+/t22-,23?,25-,27+/m1/s1. The quantitative estimate of drug-likeness (QED) is 0.141. The SMILES string of the molecule is CCCCOC(=O)[C@@]1(O)CC(OC(=O)/C=C/c2ccc(OC(C)=O)c(OC)c2)[C@H](OC(C)=O)[C@H](OC(C)=O)C1. The Morgan fingerprint density at radius 3 is 2.15 bits per heavy atom. The monoisotopic (exact) mass is 550 g/mol. The minimum Gasteiger partial charge on any atom is -0.493 e. The molecular formula is C27H34O12. The van der Waals surface area contributed by atoms with Crippen LogP contribution in [0.15, 0.2) is 24.3 Å². The Morgan fingerprint density at radius 2 is 1.59 bits per heavy atom. The van der Waals surface area contributed by atoms with Crippen LogP contribution in [0.1, 0.15) is 58.9 Å². The van der Waals surface area contributed by atoms with E-state index in [2.05, 4.69) is 0 Å². The molecule has 12 nitrogen and oxygen atoms in total. The van der Waals surface area contributed by atoms with Crippen LogP contribution in [0, 0.1) is 0 Å². The Kier molecular flexibility index (Phi) is 11.5. The molecule has 0 spiro atoms. The van der Waals surface area contributed by atoms with E-state index in [1.54, 1.807) is 6.07 Å². The number of carbonyl (C=O) groups excluding carboxylic acids is 5. The summed E-state index contributed by atoms with van der Waals surface area (Å²) >= 11 is 0. The summed E-state index contributed by atoms with van der Waals surface area (Å²) in [5, 5.41) is 11.1. The molecule has 0 radical (unpaired) electrons. The summed E-state index contributed by atoms with van der Waals surface area (Å²) in [6.07, 6.45) is -1.03. The molecule has 1 aliphatic rings. The van der Waals surface area contributed by atoms with E-state index in [-0.39, 0.29) is 18.1 Å². The molecule has 1 saturated carbocycles. The van der Waals surface area contributed by atoms with Crippen molar-refractivity contribution in [2.75, 3.05) is 13.7 Å². The topological polar surface area (TPSA) is 161 Å². The van der Waals surface area contributed by atoms with Gasteiger partial charge in [-0.15, -0.1) is 0 Å². The highest BCUT2D eigenvalue weighted by Gasteiger charge is 2.54. The molecular weight excluding hydrogens is 516 g/mol.